The van der Waals surface area contributed by atoms with E-state index in [9.17, 15) is 9.59 Å². The zero-order valence-electron chi connectivity index (χ0n) is 19.7. The van der Waals surface area contributed by atoms with Crippen molar-refractivity contribution in [3.8, 4) is 11.5 Å². The number of hydrogen-bond acceptors (Lipinski definition) is 6. The van der Waals surface area contributed by atoms with E-state index in [1.807, 2.05) is 36.4 Å². The molecule has 3 atom stereocenters. The van der Waals surface area contributed by atoms with Crippen molar-refractivity contribution in [3.63, 3.8) is 0 Å². The summed E-state index contributed by atoms with van der Waals surface area (Å²) in [5.41, 5.74) is 2.91. The average Bonchev–Trinajstić information content (AvgIpc) is 3.54. The molecule has 1 unspecified atom stereocenters. The molecule has 8 nitrogen and oxygen atoms in total. The molecule has 1 saturated heterocycles. The van der Waals surface area contributed by atoms with Gasteiger partial charge in [-0.2, -0.15) is 0 Å². The molecule has 1 aliphatic heterocycles. The van der Waals surface area contributed by atoms with Crippen molar-refractivity contribution in [2.24, 2.45) is 4.99 Å². The van der Waals surface area contributed by atoms with Crippen molar-refractivity contribution in [1.29, 1.82) is 0 Å². The van der Waals surface area contributed by atoms with Gasteiger partial charge in [0.25, 0.3) is 0 Å². The summed E-state index contributed by atoms with van der Waals surface area (Å²) in [5.74, 6) is 1.46. The highest BCUT2D eigenvalue weighted by Crippen LogP contribution is 2.44. The highest BCUT2D eigenvalue weighted by Gasteiger charge is 2.39. The summed E-state index contributed by atoms with van der Waals surface area (Å²) in [6.45, 7) is 0. The van der Waals surface area contributed by atoms with Crippen LogP contribution in [-0.2, 0) is 4.79 Å². The van der Waals surface area contributed by atoms with Crippen LogP contribution in [0.1, 0.15) is 23.5 Å². The number of fused-ring (bicyclic) bond motifs is 1. The first-order valence-corrected chi connectivity index (χ1v) is 12.7. The first kappa shape index (κ1) is 23.0. The Kier molecular flexibility index (Phi) is 6.25. The molecule has 0 radical (unpaired) electrons. The number of ether oxygens (including phenoxy) is 2. The number of nitrogens with one attached hydrogen (secondary N) is 1. The number of pyridine rings is 1. The quantitative estimate of drug-likeness (QED) is 0.550. The third-order valence-corrected chi connectivity index (χ3v) is 7.74. The second kappa shape index (κ2) is 9.50. The number of amides is 2. The van der Waals surface area contributed by atoms with E-state index in [-0.39, 0.29) is 17.7 Å². The second-order valence-corrected chi connectivity index (χ2v) is 10.5. The molecule has 1 N–H and O–H groups in total. The van der Waals surface area contributed by atoms with Gasteiger partial charge in [-0.05, 0) is 35.0 Å². The Morgan fingerprint density at radius 2 is 2.03 bits per heavy atom. The number of carbonyl (C=O) groups excluding carboxylic acids is 2. The van der Waals surface area contributed by atoms with Crippen LogP contribution >= 0.6 is 10.5 Å². The van der Waals surface area contributed by atoms with Crippen molar-refractivity contribution in [2.45, 2.75) is 18.4 Å². The largest absolute Gasteiger partial charge is 0.492 e. The molecule has 180 valence electrons. The van der Waals surface area contributed by atoms with Gasteiger partial charge in [0.15, 0.2) is 16.7 Å². The van der Waals surface area contributed by atoms with Gasteiger partial charge in [0.05, 0.1) is 30.6 Å². The molecule has 2 aliphatic rings. The number of methoxy groups -OCH3 is 1. The molecule has 1 aromatic heterocycles. The molecule has 35 heavy (non-hydrogen) atoms. The van der Waals surface area contributed by atoms with Gasteiger partial charge in [-0.25, -0.2) is 4.79 Å². The average molecular weight is 491 g/mol. The maximum absolute atomic E-state index is 12.2. The molecule has 2 aromatic carbocycles. The second-order valence-electron chi connectivity index (χ2n) is 8.69. The molecular formula is C26H26N4O4S. The smallest absolute Gasteiger partial charge is 0.414 e. The Hall–Kier alpha value is -3.72. The van der Waals surface area contributed by atoms with Crippen LogP contribution in [0.2, 0.25) is 0 Å². The molecule has 2 amide bonds. The van der Waals surface area contributed by atoms with Gasteiger partial charge in [-0.15, -0.1) is 10.5 Å². The monoisotopic (exact) mass is 490 g/mol. The summed E-state index contributed by atoms with van der Waals surface area (Å²) in [4.78, 5) is 34.9. The van der Waals surface area contributed by atoms with Gasteiger partial charge in [-0.3, -0.25) is 14.8 Å². The van der Waals surface area contributed by atoms with E-state index in [0.717, 1.165) is 22.5 Å². The Morgan fingerprint density at radius 3 is 2.77 bits per heavy atom. The number of aliphatic imine (C=N–C) groups is 1. The zero-order chi connectivity index (χ0) is 24.5. The first-order valence-electron chi connectivity index (χ1n) is 11.3. The van der Waals surface area contributed by atoms with Gasteiger partial charge in [0.2, 0.25) is 5.91 Å². The van der Waals surface area contributed by atoms with E-state index in [1.54, 1.807) is 14.1 Å². The molecule has 1 saturated carbocycles. The zero-order valence-corrected chi connectivity index (χ0v) is 20.5. The molecule has 3 aromatic rings. The molecule has 9 heteroatoms. The predicted molar refractivity (Wildman–Crippen MR) is 139 cm³/mol. The number of carbonyl (C=O) groups is 2. The Balaban J connectivity index is 1.45. The summed E-state index contributed by atoms with van der Waals surface area (Å²) in [5, 5.41) is 6.49. The molecule has 0 bridgehead atoms. The molecule has 2 heterocycles. The van der Waals surface area contributed by atoms with Crippen molar-refractivity contribution in [1.82, 2.24) is 15.2 Å². The van der Waals surface area contributed by atoms with Crippen molar-refractivity contribution in [2.75, 3.05) is 27.0 Å². The number of rotatable bonds is 5. The van der Waals surface area contributed by atoms with E-state index in [2.05, 4.69) is 27.8 Å². The van der Waals surface area contributed by atoms with Crippen LogP contribution in [0.25, 0.3) is 10.9 Å². The summed E-state index contributed by atoms with van der Waals surface area (Å²) in [6.07, 6.45) is 1.96. The fourth-order valence-electron chi connectivity index (χ4n) is 4.04. The molecular weight excluding hydrogens is 464 g/mol. The normalized spacial score (nSPS) is 22.3. The fourth-order valence-corrected chi connectivity index (χ4v) is 5.71. The van der Waals surface area contributed by atoms with Crippen LogP contribution in [-0.4, -0.2) is 65.4 Å². The topological polar surface area (TPSA) is 93.1 Å². The summed E-state index contributed by atoms with van der Waals surface area (Å²) in [7, 11) is 4.29. The third-order valence-electron chi connectivity index (χ3n) is 5.90. The molecule has 2 fully saturated rings. The van der Waals surface area contributed by atoms with Crippen LogP contribution in [0.4, 0.5) is 4.79 Å². The third kappa shape index (κ3) is 4.90. The van der Waals surface area contributed by atoms with E-state index in [4.69, 9.17) is 14.5 Å². The van der Waals surface area contributed by atoms with Crippen molar-refractivity contribution < 1.29 is 19.1 Å². The highest BCUT2D eigenvalue weighted by atomic mass is 32.2. The summed E-state index contributed by atoms with van der Waals surface area (Å²) < 4.78 is 11.0. The maximum Gasteiger partial charge on any atom is 0.414 e. The Morgan fingerprint density at radius 1 is 1.23 bits per heavy atom. The first-order chi connectivity index (χ1) is 16.9. The fraction of sp³-hybridized carbons (Fsp3) is 0.269. The SMILES string of the molecule is COc1c(OC(=O)N(C)C)cnc2ccc(/C=S3/CC(=O)NC3=N[C@@H]3C[C@H]3c3ccccc3)cc12. The molecule has 1 aliphatic carbocycles. The number of hydrogen-bond donors (Lipinski definition) is 1. The minimum absolute atomic E-state index is 0.0156. The van der Waals surface area contributed by atoms with E-state index in [1.165, 1.54) is 23.8 Å². The van der Waals surface area contributed by atoms with Gasteiger partial charge in [-0.1, -0.05) is 36.4 Å². The van der Waals surface area contributed by atoms with Gasteiger partial charge >= 0.3 is 6.09 Å². The standard InChI is InChI=1S/C26H26N4O4S/c1-30(2)26(32)34-22-13-27-20-10-9-16(11-19(20)24(22)33-3)14-35-15-23(31)29-25(35)28-21-12-18(21)17-7-5-4-6-8-17/h4-11,13-14,18,21H,12,15H2,1-3H3,(H,28,29,31)/t18-,21+,35?/m0/s1. The predicted octanol–water partition coefficient (Wildman–Crippen LogP) is 3.76. The van der Waals surface area contributed by atoms with Crippen LogP contribution < -0.4 is 14.8 Å². The highest BCUT2D eigenvalue weighted by molar-refractivity contribution is 8.29. The minimum atomic E-state index is -0.515. The van der Waals surface area contributed by atoms with Gasteiger partial charge in [0, 0.05) is 25.4 Å². The molecule has 0 spiro atoms. The van der Waals surface area contributed by atoms with Gasteiger partial charge in [0.1, 0.15) is 0 Å². The lowest BCUT2D eigenvalue weighted by molar-refractivity contribution is -0.116. The lowest BCUT2D eigenvalue weighted by atomic mass is 10.1. The van der Waals surface area contributed by atoms with Crippen molar-refractivity contribution >= 4 is 43.9 Å². The van der Waals surface area contributed by atoms with Crippen LogP contribution in [0.3, 0.4) is 0 Å². The molecule has 5 rings (SSSR count). The Labute approximate surface area is 205 Å². The minimum Gasteiger partial charge on any atom is -0.492 e. The maximum atomic E-state index is 12.2. The van der Waals surface area contributed by atoms with E-state index < -0.39 is 16.6 Å². The number of aromatic nitrogens is 1. The van der Waals surface area contributed by atoms with E-state index >= 15 is 0 Å². The van der Waals surface area contributed by atoms with Crippen molar-refractivity contribution in [3.05, 3.63) is 65.9 Å². The number of amidine groups is 1. The summed E-state index contributed by atoms with van der Waals surface area (Å²) >= 11 is 0. The number of nitrogens with zero attached hydrogens (tertiary/aromatic N) is 3. The Bertz CT molecular complexity index is 1370. The van der Waals surface area contributed by atoms with Crippen LogP contribution in [0.15, 0.2) is 59.7 Å². The number of benzene rings is 2. The summed E-state index contributed by atoms with van der Waals surface area (Å²) in [6, 6.07) is 16.3. The van der Waals surface area contributed by atoms with Crippen LogP contribution in [0.5, 0.6) is 11.5 Å². The lowest BCUT2D eigenvalue weighted by Gasteiger charge is -2.14. The van der Waals surface area contributed by atoms with E-state index in [0.29, 0.717) is 22.9 Å². The lowest BCUT2D eigenvalue weighted by Crippen LogP contribution is -2.25. The van der Waals surface area contributed by atoms with Gasteiger partial charge < -0.3 is 19.7 Å². The van der Waals surface area contributed by atoms with Crippen LogP contribution in [0, 0.1) is 0 Å².